The number of amides is 1. The number of para-hydroxylation sites is 1. The summed E-state index contributed by atoms with van der Waals surface area (Å²) in [6.45, 7) is 0. The predicted octanol–water partition coefficient (Wildman–Crippen LogP) is 3.57. The zero-order valence-corrected chi connectivity index (χ0v) is 16.7. The number of aromatic nitrogens is 4. The zero-order chi connectivity index (χ0) is 20.6. The van der Waals surface area contributed by atoms with Crippen molar-refractivity contribution in [2.75, 3.05) is 5.75 Å². The molecule has 0 bridgehead atoms. The van der Waals surface area contributed by atoms with Gasteiger partial charge >= 0.3 is 0 Å². The topological polar surface area (TPSA) is 85.1 Å². The zero-order valence-electron chi connectivity index (χ0n) is 15.9. The number of benzene rings is 2. The lowest BCUT2D eigenvalue weighted by Crippen LogP contribution is -2.20. The van der Waals surface area contributed by atoms with Crippen LogP contribution in [0.3, 0.4) is 0 Å². The van der Waals surface area contributed by atoms with Gasteiger partial charge in [-0.15, -0.1) is 10.2 Å². The second-order valence-corrected chi connectivity index (χ2v) is 7.12. The molecule has 30 heavy (non-hydrogen) atoms. The molecule has 0 spiro atoms. The van der Waals surface area contributed by atoms with Gasteiger partial charge in [0.2, 0.25) is 0 Å². The number of pyridine rings is 1. The van der Waals surface area contributed by atoms with Crippen molar-refractivity contribution in [3.63, 3.8) is 0 Å². The molecule has 0 aliphatic carbocycles. The number of nitrogens with one attached hydrogen (secondary N) is 1. The molecular formula is C22H18N6OS. The molecule has 1 N–H and O–H groups in total. The summed E-state index contributed by atoms with van der Waals surface area (Å²) in [6, 6.07) is 25.1. The molecule has 0 radical (unpaired) electrons. The summed E-state index contributed by atoms with van der Waals surface area (Å²) in [7, 11) is 0. The number of carbonyl (C=O) groups is 1. The van der Waals surface area contributed by atoms with Crippen LogP contribution in [-0.2, 0) is 4.79 Å². The quantitative estimate of drug-likeness (QED) is 0.284. The Kier molecular flexibility index (Phi) is 6.26. The second-order valence-electron chi connectivity index (χ2n) is 6.18. The van der Waals surface area contributed by atoms with Gasteiger partial charge in [0.1, 0.15) is 0 Å². The number of nitrogens with zero attached hydrogens (tertiary/aromatic N) is 5. The summed E-state index contributed by atoms with van der Waals surface area (Å²) in [5.41, 5.74) is 5.06. The van der Waals surface area contributed by atoms with Crippen LogP contribution in [0.1, 0.15) is 5.69 Å². The van der Waals surface area contributed by atoms with E-state index < -0.39 is 0 Å². The van der Waals surface area contributed by atoms with Crippen LogP contribution in [0, 0.1) is 0 Å². The van der Waals surface area contributed by atoms with Gasteiger partial charge in [0.25, 0.3) is 5.91 Å². The lowest BCUT2D eigenvalue weighted by Gasteiger charge is -2.10. The maximum Gasteiger partial charge on any atom is 0.250 e. The Morgan fingerprint density at radius 2 is 1.70 bits per heavy atom. The summed E-state index contributed by atoms with van der Waals surface area (Å²) < 4.78 is 1.95. The van der Waals surface area contributed by atoms with Crippen molar-refractivity contribution in [3.05, 3.63) is 90.8 Å². The molecule has 0 saturated carbocycles. The average molecular weight is 414 g/mol. The fourth-order valence-corrected chi connectivity index (χ4v) is 3.48. The van der Waals surface area contributed by atoms with Crippen LogP contribution in [-0.4, -0.2) is 37.6 Å². The minimum absolute atomic E-state index is 0.152. The Hall–Kier alpha value is -3.78. The lowest BCUT2D eigenvalue weighted by molar-refractivity contribution is -0.118. The largest absolute Gasteiger partial charge is 0.272 e. The van der Waals surface area contributed by atoms with Gasteiger partial charge in [0, 0.05) is 17.4 Å². The van der Waals surface area contributed by atoms with E-state index in [1.165, 1.54) is 18.0 Å². The first-order valence-electron chi connectivity index (χ1n) is 9.23. The van der Waals surface area contributed by atoms with Gasteiger partial charge in [0.05, 0.1) is 17.7 Å². The van der Waals surface area contributed by atoms with Crippen LogP contribution in [0.4, 0.5) is 0 Å². The van der Waals surface area contributed by atoms with Gasteiger partial charge in [-0.05, 0) is 24.3 Å². The van der Waals surface area contributed by atoms with E-state index in [1.807, 2.05) is 77.4 Å². The minimum atomic E-state index is -0.240. The summed E-state index contributed by atoms with van der Waals surface area (Å²) in [6.07, 6.45) is 3.17. The number of hydrogen-bond acceptors (Lipinski definition) is 6. The van der Waals surface area contributed by atoms with E-state index in [2.05, 4.69) is 25.7 Å². The Morgan fingerprint density at radius 3 is 2.43 bits per heavy atom. The third-order valence-electron chi connectivity index (χ3n) is 4.09. The van der Waals surface area contributed by atoms with E-state index in [-0.39, 0.29) is 11.7 Å². The van der Waals surface area contributed by atoms with Gasteiger partial charge in [-0.25, -0.2) is 5.43 Å². The molecule has 4 aromatic rings. The van der Waals surface area contributed by atoms with Crippen molar-refractivity contribution in [1.29, 1.82) is 0 Å². The molecule has 0 aliphatic rings. The highest BCUT2D eigenvalue weighted by molar-refractivity contribution is 7.99. The third kappa shape index (κ3) is 4.79. The van der Waals surface area contributed by atoms with Gasteiger partial charge < -0.3 is 0 Å². The molecule has 0 aliphatic heterocycles. The van der Waals surface area contributed by atoms with Gasteiger partial charge in [-0.2, -0.15) is 5.10 Å². The lowest BCUT2D eigenvalue weighted by atomic mass is 10.2. The molecule has 0 fully saturated rings. The molecular weight excluding hydrogens is 396 g/mol. The molecule has 2 heterocycles. The number of hydrazone groups is 1. The molecule has 2 aromatic carbocycles. The van der Waals surface area contributed by atoms with E-state index in [9.17, 15) is 4.79 Å². The van der Waals surface area contributed by atoms with E-state index in [4.69, 9.17) is 0 Å². The normalized spacial score (nSPS) is 10.9. The van der Waals surface area contributed by atoms with Gasteiger partial charge in [-0.1, -0.05) is 66.4 Å². The van der Waals surface area contributed by atoms with E-state index in [0.29, 0.717) is 10.9 Å². The standard InChI is InChI=1S/C22H18N6OS/c29-20(25-24-15-18-11-7-8-14-23-18)16-30-22-27-26-21(17-9-3-1-4-10-17)28(22)19-12-5-2-6-13-19/h1-15H,16H2,(H,25,29). The van der Waals surface area contributed by atoms with Crippen LogP contribution in [0.5, 0.6) is 0 Å². The Labute approximate surface area is 177 Å². The highest BCUT2D eigenvalue weighted by Crippen LogP contribution is 2.27. The Balaban J connectivity index is 1.49. The number of rotatable bonds is 7. The monoisotopic (exact) mass is 414 g/mol. The van der Waals surface area contributed by atoms with Crippen molar-refractivity contribution in [3.8, 4) is 17.1 Å². The van der Waals surface area contributed by atoms with Crippen molar-refractivity contribution in [1.82, 2.24) is 25.2 Å². The van der Waals surface area contributed by atoms with Gasteiger partial charge in [0.15, 0.2) is 11.0 Å². The first-order chi connectivity index (χ1) is 14.8. The highest BCUT2D eigenvalue weighted by atomic mass is 32.2. The van der Waals surface area contributed by atoms with Gasteiger partial charge in [-0.3, -0.25) is 14.3 Å². The summed E-state index contributed by atoms with van der Waals surface area (Å²) in [4.78, 5) is 16.3. The summed E-state index contributed by atoms with van der Waals surface area (Å²) in [5.74, 6) is 0.633. The first-order valence-corrected chi connectivity index (χ1v) is 10.2. The van der Waals surface area contributed by atoms with Crippen LogP contribution in [0.25, 0.3) is 17.1 Å². The third-order valence-corrected chi connectivity index (χ3v) is 5.01. The molecule has 2 aromatic heterocycles. The van der Waals surface area contributed by atoms with Crippen molar-refractivity contribution >= 4 is 23.9 Å². The Bertz CT molecular complexity index is 1130. The Morgan fingerprint density at radius 1 is 0.967 bits per heavy atom. The highest BCUT2D eigenvalue weighted by Gasteiger charge is 2.16. The van der Waals surface area contributed by atoms with E-state index in [0.717, 1.165) is 17.1 Å². The molecule has 7 nitrogen and oxygen atoms in total. The first kappa shape index (κ1) is 19.5. The SMILES string of the molecule is O=C(CSc1nnc(-c2ccccc2)n1-c1ccccc1)NN=Cc1ccccn1. The average Bonchev–Trinajstić information content (AvgIpc) is 3.23. The van der Waals surface area contributed by atoms with Crippen molar-refractivity contribution in [2.45, 2.75) is 5.16 Å². The molecule has 0 atom stereocenters. The summed E-state index contributed by atoms with van der Waals surface area (Å²) in [5, 5.41) is 13.3. The van der Waals surface area contributed by atoms with E-state index in [1.54, 1.807) is 12.3 Å². The molecule has 0 unspecified atom stereocenters. The molecule has 1 amide bonds. The van der Waals surface area contributed by atoms with Crippen molar-refractivity contribution in [2.24, 2.45) is 5.10 Å². The molecule has 0 saturated heterocycles. The number of hydrogen-bond donors (Lipinski definition) is 1. The van der Waals surface area contributed by atoms with Crippen LogP contribution in [0.15, 0.2) is 95.3 Å². The fourth-order valence-electron chi connectivity index (χ4n) is 2.73. The van der Waals surface area contributed by atoms with Crippen LogP contribution >= 0.6 is 11.8 Å². The van der Waals surface area contributed by atoms with E-state index >= 15 is 0 Å². The van der Waals surface area contributed by atoms with Crippen LogP contribution in [0.2, 0.25) is 0 Å². The predicted molar refractivity (Wildman–Crippen MR) is 117 cm³/mol. The molecule has 4 rings (SSSR count). The number of thioether (sulfide) groups is 1. The smallest absolute Gasteiger partial charge is 0.250 e. The minimum Gasteiger partial charge on any atom is -0.272 e. The molecule has 8 heteroatoms. The summed E-state index contributed by atoms with van der Waals surface area (Å²) >= 11 is 1.30. The fraction of sp³-hybridized carbons (Fsp3) is 0.0455. The second kappa shape index (κ2) is 9.62. The maximum atomic E-state index is 12.2. The maximum absolute atomic E-state index is 12.2. The number of carbonyl (C=O) groups excluding carboxylic acids is 1. The van der Waals surface area contributed by atoms with Crippen molar-refractivity contribution < 1.29 is 4.79 Å². The molecule has 148 valence electrons. The van der Waals surface area contributed by atoms with Crippen LogP contribution < -0.4 is 5.43 Å².